The molecule has 0 saturated carbocycles. The number of carbonyl (C=O) groups is 2. The third-order valence-corrected chi connectivity index (χ3v) is 5.32. The molecule has 1 fully saturated rings. The van der Waals surface area contributed by atoms with E-state index in [1.54, 1.807) is 0 Å². The van der Waals surface area contributed by atoms with Crippen LogP contribution in [-0.2, 0) is 16.0 Å². The van der Waals surface area contributed by atoms with Crippen LogP contribution in [0.2, 0.25) is 0 Å². The van der Waals surface area contributed by atoms with E-state index in [1.807, 2.05) is 17.9 Å². The minimum absolute atomic E-state index is 0.0102. The number of fused-ring (bicyclic) bond motifs is 1. The number of ether oxygens (including phenoxy) is 1. The Balaban J connectivity index is 1.57. The smallest absolute Gasteiger partial charge is 0.317 e. The molecule has 25 heavy (non-hydrogen) atoms. The summed E-state index contributed by atoms with van der Waals surface area (Å²) >= 11 is 0. The summed E-state index contributed by atoms with van der Waals surface area (Å²) in [6.07, 6.45) is 5.76. The van der Waals surface area contributed by atoms with Gasteiger partial charge in [-0.1, -0.05) is 30.7 Å². The van der Waals surface area contributed by atoms with Gasteiger partial charge in [0.15, 0.2) is 0 Å². The van der Waals surface area contributed by atoms with Crippen molar-refractivity contribution in [2.45, 2.75) is 51.5 Å². The third-order valence-electron chi connectivity index (χ3n) is 5.32. The van der Waals surface area contributed by atoms with Gasteiger partial charge in [-0.05, 0) is 50.2 Å². The molecule has 2 aliphatic rings. The summed E-state index contributed by atoms with van der Waals surface area (Å²) in [7, 11) is 0. The van der Waals surface area contributed by atoms with E-state index in [0.717, 1.165) is 19.3 Å². The molecule has 1 aromatic carbocycles. The minimum atomic E-state index is -0.125. The molecule has 0 unspecified atom stereocenters. The largest absolute Gasteiger partial charge is 0.466 e. The summed E-state index contributed by atoms with van der Waals surface area (Å²) in [5.74, 6) is -0.192. The van der Waals surface area contributed by atoms with Gasteiger partial charge >= 0.3 is 12.0 Å². The molecule has 3 rings (SSSR count). The number of piperidine rings is 1. The van der Waals surface area contributed by atoms with Crippen LogP contribution in [0.5, 0.6) is 0 Å². The van der Waals surface area contributed by atoms with Crippen molar-refractivity contribution >= 4 is 12.0 Å². The van der Waals surface area contributed by atoms with Crippen molar-refractivity contribution in [1.29, 1.82) is 0 Å². The molecule has 1 aliphatic carbocycles. The van der Waals surface area contributed by atoms with Crippen molar-refractivity contribution < 1.29 is 14.3 Å². The first-order valence-corrected chi connectivity index (χ1v) is 9.49. The van der Waals surface area contributed by atoms with Crippen LogP contribution < -0.4 is 5.32 Å². The van der Waals surface area contributed by atoms with Gasteiger partial charge in [-0.2, -0.15) is 0 Å². The molecule has 0 aromatic heterocycles. The first kappa shape index (κ1) is 17.8. The van der Waals surface area contributed by atoms with E-state index in [2.05, 4.69) is 23.5 Å². The van der Waals surface area contributed by atoms with Crippen molar-refractivity contribution in [2.24, 2.45) is 5.92 Å². The highest BCUT2D eigenvalue weighted by Gasteiger charge is 2.29. The molecule has 5 heteroatoms. The molecule has 0 radical (unpaired) electrons. The average Bonchev–Trinajstić information content (AvgIpc) is 2.84. The zero-order chi connectivity index (χ0) is 17.6. The SMILES string of the molecule is CCOC(=O)C1CCN(C(=O)N[C@H]2CCCCc3ccccc32)CC1. The molecule has 5 nitrogen and oxygen atoms in total. The van der Waals surface area contributed by atoms with E-state index in [0.29, 0.717) is 32.5 Å². The maximum Gasteiger partial charge on any atom is 0.317 e. The fraction of sp³-hybridized carbons (Fsp3) is 0.600. The number of urea groups is 1. The number of amides is 2. The first-order chi connectivity index (χ1) is 12.2. The summed E-state index contributed by atoms with van der Waals surface area (Å²) in [5, 5.41) is 3.22. The summed E-state index contributed by atoms with van der Waals surface area (Å²) < 4.78 is 5.09. The molecule has 1 atom stereocenters. The molecule has 0 spiro atoms. The molecule has 1 heterocycles. The minimum Gasteiger partial charge on any atom is -0.466 e. The molecule has 0 bridgehead atoms. The lowest BCUT2D eigenvalue weighted by molar-refractivity contribution is -0.149. The van der Waals surface area contributed by atoms with E-state index >= 15 is 0 Å². The predicted octanol–water partition coefficient (Wildman–Crippen LogP) is 3.44. The van der Waals surface area contributed by atoms with Crippen LogP contribution in [0.3, 0.4) is 0 Å². The van der Waals surface area contributed by atoms with Crippen LogP contribution in [0.25, 0.3) is 0 Å². The van der Waals surface area contributed by atoms with Gasteiger partial charge in [-0.3, -0.25) is 4.79 Å². The third kappa shape index (κ3) is 4.33. The van der Waals surface area contributed by atoms with Gasteiger partial charge in [-0.15, -0.1) is 0 Å². The second-order valence-electron chi connectivity index (χ2n) is 6.96. The summed E-state index contributed by atoms with van der Waals surface area (Å²) in [4.78, 5) is 26.4. The van der Waals surface area contributed by atoms with Crippen molar-refractivity contribution in [2.75, 3.05) is 19.7 Å². The molecule has 2 amide bonds. The van der Waals surface area contributed by atoms with E-state index in [1.165, 1.54) is 17.5 Å². The highest BCUT2D eigenvalue weighted by atomic mass is 16.5. The number of benzene rings is 1. The zero-order valence-electron chi connectivity index (χ0n) is 15.0. The lowest BCUT2D eigenvalue weighted by Gasteiger charge is -2.32. The van der Waals surface area contributed by atoms with Gasteiger partial charge in [0, 0.05) is 13.1 Å². The van der Waals surface area contributed by atoms with Gasteiger partial charge in [0.05, 0.1) is 18.6 Å². The highest BCUT2D eigenvalue weighted by Crippen LogP contribution is 2.29. The Morgan fingerprint density at radius 1 is 1.16 bits per heavy atom. The Morgan fingerprint density at radius 2 is 1.92 bits per heavy atom. The number of nitrogens with zero attached hydrogens (tertiary/aromatic N) is 1. The fourth-order valence-electron chi connectivity index (χ4n) is 3.89. The summed E-state index contributed by atoms with van der Waals surface area (Å²) in [6.45, 7) is 3.47. The summed E-state index contributed by atoms with van der Waals surface area (Å²) in [5.41, 5.74) is 2.61. The normalized spacial score (nSPS) is 21.2. The van der Waals surface area contributed by atoms with Crippen molar-refractivity contribution in [3.63, 3.8) is 0 Å². The maximum atomic E-state index is 12.7. The van der Waals surface area contributed by atoms with Crippen molar-refractivity contribution in [3.8, 4) is 0 Å². The lowest BCUT2D eigenvalue weighted by Crippen LogP contribution is -2.46. The van der Waals surface area contributed by atoms with Crippen LogP contribution in [-0.4, -0.2) is 36.6 Å². The topological polar surface area (TPSA) is 58.6 Å². The van der Waals surface area contributed by atoms with Crippen LogP contribution in [0.1, 0.15) is 56.2 Å². The molecular weight excluding hydrogens is 316 g/mol. The standard InChI is InChI=1S/C20H28N2O3/c1-2-25-19(23)16-11-13-22(14-12-16)20(24)21-18-10-6-4-8-15-7-3-5-9-17(15)18/h3,5,7,9,16,18H,2,4,6,8,10-14H2,1H3,(H,21,24)/t18-/m0/s1. The molecule has 1 saturated heterocycles. The second kappa shape index (κ2) is 8.37. The number of aryl methyl sites for hydroxylation is 1. The Hall–Kier alpha value is -2.04. The number of hydrogen-bond donors (Lipinski definition) is 1. The van der Waals surface area contributed by atoms with Crippen molar-refractivity contribution in [3.05, 3.63) is 35.4 Å². The summed E-state index contributed by atoms with van der Waals surface area (Å²) in [6, 6.07) is 8.51. The quantitative estimate of drug-likeness (QED) is 0.675. The zero-order valence-corrected chi connectivity index (χ0v) is 15.0. The molecule has 136 valence electrons. The Morgan fingerprint density at radius 3 is 2.68 bits per heavy atom. The number of rotatable bonds is 3. The van der Waals surface area contributed by atoms with Crippen LogP contribution in [0.15, 0.2) is 24.3 Å². The number of hydrogen-bond acceptors (Lipinski definition) is 3. The van der Waals surface area contributed by atoms with Gasteiger partial charge < -0.3 is 15.0 Å². The number of carbonyl (C=O) groups excluding carboxylic acids is 2. The van der Waals surface area contributed by atoms with E-state index in [9.17, 15) is 9.59 Å². The fourth-order valence-corrected chi connectivity index (χ4v) is 3.89. The van der Waals surface area contributed by atoms with Crippen LogP contribution in [0, 0.1) is 5.92 Å². The second-order valence-corrected chi connectivity index (χ2v) is 6.96. The van der Waals surface area contributed by atoms with Crippen LogP contribution in [0.4, 0.5) is 4.79 Å². The lowest BCUT2D eigenvalue weighted by atomic mass is 9.97. The van der Waals surface area contributed by atoms with Crippen LogP contribution >= 0.6 is 0 Å². The van der Waals surface area contributed by atoms with Gasteiger partial charge in [0.25, 0.3) is 0 Å². The Labute approximate surface area is 149 Å². The molecule has 1 N–H and O–H groups in total. The van der Waals surface area contributed by atoms with Gasteiger partial charge in [0.1, 0.15) is 0 Å². The Kier molecular flexibility index (Phi) is 5.95. The first-order valence-electron chi connectivity index (χ1n) is 9.49. The van der Waals surface area contributed by atoms with Gasteiger partial charge in [-0.25, -0.2) is 4.79 Å². The average molecular weight is 344 g/mol. The predicted molar refractivity (Wildman–Crippen MR) is 96.2 cm³/mol. The molecular formula is C20H28N2O3. The number of likely N-dealkylation sites (tertiary alicyclic amines) is 1. The monoisotopic (exact) mass is 344 g/mol. The molecule has 1 aromatic rings. The highest BCUT2D eigenvalue weighted by molar-refractivity contribution is 5.76. The van der Waals surface area contributed by atoms with Crippen molar-refractivity contribution in [1.82, 2.24) is 10.2 Å². The number of esters is 1. The van der Waals surface area contributed by atoms with E-state index < -0.39 is 0 Å². The van der Waals surface area contributed by atoms with Gasteiger partial charge in [0.2, 0.25) is 0 Å². The Bertz CT molecular complexity index is 609. The van der Waals surface area contributed by atoms with E-state index in [4.69, 9.17) is 4.74 Å². The van der Waals surface area contributed by atoms with E-state index in [-0.39, 0.29) is 24.0 Å². The molecule has 1 aliphatic heterocycles. The maximum absolute atomic E-state index is 12.7. The number of nitrogens with one attached hydrogen (secondary N) is 1.